The lowest BCUT2D eigenvalue weighted by molar-refractivity contribution is -0.148. The average molecular weight is 239 g/mol. The van der Waals surface area contributed by atoms with E-state index in [0.717, 1.165) is 11.3 Å². The summed E-state index contributed by atoms with van der Waals surface area (Å²) in [5.74, 6) is -0.900. The molecule has 0 fully saturated rings. The summed E-state index contributed by atoms with van der Waals surface area (Å²) in [7, 11) is 0. The molecule has 0 radical (unpaired) electrons. The molecule has 17 heavy (non-hydrogen) atoms. The number of aromatic amines is 1. The van der Waals surface area contributed by atoms with Crippen LogP contribution in [-0.4, -0.2) is 27.2 Å². The molecule has 1 rings (SSSR count). The largest absolute Gasteiger partial charge is 0.481 e. The molecule has 1 heterocycles. The molecule has 3 N–H and O–H groups in total. The lowest BCUT2D eigenvalue weighted by Gasteiger charge is -2.17. The van der Waals surface area contributed by atoms with Gasteiger partial charge in [-0.25, -0.2) is 0 Å². The van der Waals surface area contributed by atoms with Crippen molar-refractivity contribution in [3.8, 4) is 0 Å². The van der Waals surface area contributed by atoms with Crippen molar-refractivity contribution >= 4 is 17.7 Å². The summed E-state index contributed by atoms with van der Waals surface area (Å²) in [6.45, 7) is 6.70. The van der Waals surface area contributed by atoms with Gasteiger partial charge in [-0.1, -0.05) is 0 Å². The van der Waals surface area contributed by atoms with Gasteiger partial charge in [0.2, 0.25) is 5.91 Å². The van der Waals surface area contributed by atoms with Gasteiger partial charge in [-0.3, -0.25) is 14.7 Å². The SMILES string of the molecule is Cc1[nH]nc(NC(=O)CC(C)(C)C(=O)O)c1C. The van der Waals surface area contributed by atoms with Crippen LogP contribution in [0.5, 0.6) is 0 Å². The molecule has 1 aromatic heterocycles. The fourth-order valence-electron chi connectivity index (χ4n) is 1.26. The summed E-state index contributed by atoms with van der Waals surface area (Å²) < 4.78 is 0. The van der Waals surface area contributed by atoms with Crippen LogP contribution < -0.4 is 5.32 Å². The first-order chi connectivity index (χ1) is 7.74. The fraction of sp³-hybridized carbons (Fsp3) is 0.545. The van der Waals surface area contributed by atoms with Gasteiger partial charge in [-0.15, -0.1) is 0 Å². The molecule has 1 amide bonds. The number of carboxylic acid groups (broad SMARTS) is 1. The van der Waals surface area contributed by atoms with Crippen LogP contribution in [0.15, 0.2) is 0 Å². The Morgan fingerprint density at radius 2 is 2.00 bits per heavy atom. The quantitative estimate of drug-likeness (QED) is 0.741. The van der Waals surface area contributed by atoms with Crippen molar-refractivity contribution in [2.24, 2.45) is 5.41 Å². The molecule has 6 nitrogen and oxygen atoms in total. The number of carbonyl (C=O) groups excluding carboxylic acids is 1. The number of aryl methyl sites for hydroxylation is 1. The van der Waals surface area contributed by atoms with Crippen LogP contribution in [0, 0.1) is 19.3 Å². The van der Waals surface area contributed by atoms with E-state index in [-0.39, 0.29) is 12.3 Å². The monoisotopic (exact) mass is 239 g/mol. The number of anilines is 1. The molecule has 1 aromatic rings. The summed E-state index contributed by atoms with van der Waals surface area (Å²) >= 11 is 0. The highest BCUT2D eigenvalue weighted by molar-refractivity contribution is 5.93. The van der Waals surface area contributed by atoms with Crippen molar-refractivity contribution in [1.82, 2.24) is 10.2 Å². The van der Waals surface area contributed by atoms with Crippen molar-refractivity contribution in [1.29, 1.82) is 0 Å². The molecule has 6 heteroatoms. The Balaban J connectivity index is 2.68. The molecular weight excluding hydrogens is 222 g/mol. The van der Waals surface area contributed by atoms with Crippen molar-refractivity contribution in [3.63, 3.8) is 0 Å². The second kappa shape index (κ2) is 4.57. The third-order valence-corrected chi connectivity index (χ3v) is 2.69. The van der Waals surface area contributed by atoms with E-state index in [1.165, 1.54) is 13.8 Å². The van der Waals surface area contributed by atoms with E-state index in [1.807, 2.05) is 13.8 Å². The topological polar surface area (TPSA) is 95.1 Å². The van der Waals surface area contributed by atoms with Crippen LogP contribution in [-0.2, 0) is 9.59 Å². The minimum atomic E-state index is -1.08. The summed E-state index contributed by atoms with van der Waals surface area (Å²) in [5.41, 5.74) is 0.646. The van der Waals surface area contributed by atoms with Crippen molar-refractivity contribution in [2.45, 2.75) is 34.1 Å². The van der Waals surface area contributed by atoms with Crippen LogP contribution >= 0.6 is 0 Å². The Morgan fingerprint density at radius 1 is 1.41 bits per heavy atom. The first kappa shape index (κ1) is 13.2. The van der Waals surface area contributed by atoms with Crippen molar-refractivity contribution in [3.05, 3.63) is 11.3 Å². The van der Waals surface area contributed by atoms with Gasteiger partial charge in [0.1, 0.15) is 0 Å². The highest BCUT2D eigenvalue weighted by Gasteiger charge is 2.30. The highest BCUT2D eigenvalue weighted by Crippen LogP contribution is 2.22. The first-order valence-electron chi connectivity index (χ1n) is 5.29. The van der Waals surface area contributed by atoms with E-state index >= 15 is 0 Å². The Kier molecular flexibility index (Phi) is 3.55. The van der Waals surface area contributed by atoms with Crippen LogP contribution in [0.25, 0.3) is 0 Å². The summed E-state index contributed by atoms with van der Waals surface area (Å²) in [6, 6.07) is 0. The number of amides is 1. The third kappa shape index (κ3) is 3.05. The standard InChI is InChI=1S/C11H17N3O3/c1-6-7(2)13-14-9(6)12-8(15)5-11(3,4)10(16)17/h5H2,1-4H3,(H,16,17)(H2,12,13,14,15). The van der Waals surface area contributed by atoms with Crippen molar-refractivity contribution < 1.29 is 14.7 Å². The number of aliphatic carboxylic acids is 1. The molecular formula is C11H17N3O3. The first-order valence-corrected chi connectivity index (χ1v) is 5.29. The minimum absolute atomic E-state index is 0.0896. The number of rotatable bonds is 4. The van der Waals surface area contributed by atoms with E-state index in [2.05, 4.69) is 15.5 Å². The normalized spacial score (nSPS) is 11.3. The van der Waals surface area contributed by atoms with Gasteiger partial charge in [0.25, 0.3) is 0 Å². The smallest absolute Gasteiger partial charge is 0.309 e. The minimum Gasteiger partial charge on any atom is -0.481 e. The number of hydrogen-bond acceptors (Lipinski definition) is 3. The summed E-state index contributed by atoms with van der Waals surface area (Å²) in [6.07, 6.45) is -0.0896. The zero-order valence-electron chi connectivity index (χ0n) is 10.4. The van der Waals surface area contributed by atoms with Crippen LogP contribution in [0.2, 0.25) is 0 Å². The zero-order chi connectivity index (χ0) is 13.2. The second-order valence-electron chi connectivity index (χ2n) is 4.74. The molecule has 0 atom stereocenters. The number of hydrogen-bond donors (Lipinski definition) is 3. The molecule has 0 spiro atoms. The number of nitrogens with zero attached hydrogens (tertiary/aromatic N) is 1. The predicted molar refractivity (Wildman–Crippen MR) is 62.7 cm³/mol. The lowest BCUT2D eigenvalue weighted by atomic mass is 9.89. The summed E-state index contributed by atoms with van der Waals surface area (Å²) in [4.78, 5) is 22.5. The number of carboxylic acids is 1. The van der Waals surface area contributed by atoms with E-state index in [0.29, 0.717) is 5.82 Å². The van der Waals surface area contributed by atoms with E-state index in [1.54, 1.807) is 0 Å². The zero-order valence-corrected chi connectivity index (χ0v) is 10.4. The van der Waals surface area contributed by atoms with Gasteiger partial charge in [-0.05, 0) is 27.7 Å². The predicted octanol–water partition coefficient (Wildman–Crippen LogP) is 1.47. The van der Waals surface area contributed by atoms with Gasteiger partial charge in [0.05, 0.1) is 5.41 Å². The van der Waals surface area contributed by atoms with Crippen LogP contribution in [0.1, 0.15) is 31.5 Å². The molecule has 0 saturated heterocycles. The molecule has 94 valence electrons. The van der Waals surface area contributed by atoms with E-state index in [9.17, 15) is 9.59 Å². The molecule has 0 aliphatic heterocycles. The Bertz CT molecular complexity index is 449. The maximum atomic E-state index is 11.7. The van der Waals surface area contributed by atoms with Gasteiger partial charge < -0.3 is 10.4 Å². The molecule has 0 saturated carbocycles. The number of carbonyl (C=O) groups is 2. The van der Waals surface area contributed by atoms with Gasteiger partial charge in [0, 0.05) is 17.7 Å². The maximum absolute atomic E-state index is 11.7. The Hall–Kier alpha value is -1.85. The molecule has 0 aliphatic rings. The maximum Gasteiger partial charge on any atom is 0.309 e. The highest BCUT2D eigenvalue weighted by atomic mass is 16.4. The Morgan fingerprint density at radius 3 is 2.41 bits per heavy atom. The number of nitrogens with one attached hydrogen (secondary N) is 2. The van der Waals surface area contributed by atoms with Crippen LogP contribution in [0.4, 0.5) is 5.82 Å². The molecule has 0 bridgehead atoms. The van der Waals surface area contributed by atoms with E-state index in [4.69, 9.17) is 5.11 Å². The van der Waals surface area contributed by atoms with Crippen molar-refractivity contribution in [2.75, 3.05) is 5.32 Å². The number of H-pyrrole nitrogens is 1. The van der Waals surface area contributed by atoms with Gasteiger partial charge >= 0.3 is 5.97 Å². The average Bonchev–Trinajstić information content (AvgIpc) is 2.48. The molecule has 0 aromatic carbocycles. The third-order valence-electron chi connectivity index (χ3n) is 2.69. The van der Waals surface area contributed by atoms with Gasteiger partial charge in [-0.2, -0.15) is 5.10 Å². The van der Waals surface area contributed by atoms with E-state index < -0.39 is 11.4 Å². The fourth-order valence-corrected chi connectivity index (χ4v) is 1.26. The number of aromatic nitrogens is 2. The Labute approximate surface area is 99.4 Å². The summed E-state index contributed by atoms with van der Waals surface area (Å²) in [5, 5.41) is 18.2. The van der Waals surface area contributed by atoms with Crippen LogP contribution in [0.3, 0.4) is 0 Å². The molecule has 0 unspecified atom stereocenters. The lowest BCUT2D eigenvalue weighted by Crippen LogP contribution is -2.29. The van der Waals surface area contributed by atoms with Gasteiger partial charge in [0.15, 0.2) is 5.82 Å². The molecule has 0 aliphatic carbocycles. The second-order valence-corrected chi connectivity index (χ2v) is 4.74.